The quantitative estimate of drug-likeness (QED) is 0.313. The van der Waals surface area contributed by atoms with E-state index in [-0.39, 0.29) is 5.69 Å². The molecule has 0 aromatic carbocycles. The van der Waals surface area contributed by atoms with Crippen LogP contribution in [0, 0.1) is 17.0 Å². The molecule has 1 aliphatic rings. The van der Waals surface area contributed by atoms with E-state index in [4.69, 9.17) is 0 Å². The summed E-state index contributed by atoms with van der Waals surface area (Å²) >= 11 is 0. The Morgan fingerprint density at radius 1 is 1.57 bits per heavy atom. The first-order valence-electron chi connectivity index (χ1n) is 4.52. The Bertz CT molecular complexity index is 415. The summed E-state index contributed by atoms with van der Waals surface area (Å²) in [4.78, 5) is 10.2. The maximum atomic E-state index is 10.7. The highest BCUT2D eigenvalue weighted by Gasteiger charge is 2.31. The van der Waals surface area contributed by atoms with Gasteiger partial charge >= 0.3 is 5.69 Å². The van der Waals surface area contributed by atoms with E-state index in [1.165, 1.54) is 6.20 Å². The van der Waals surface area contributed by atoms with Crippen molar-refractivity contribution in [1.29, 1.82) is 0 Å². The van der Waals surface area contributed by atoms with Crippen molar-refractivity contribution in [3.63, 3.8) is 0 Å². The summed E-state index contributed by atoms with van der Waals surface area (Å²) in [6.45, 7) is 1.74. The number of pyridine rings is 1. The van der Waals surface area contributed by atoms with Crippen LogP contribution in [0.2, 0.25) is 0 Å². The van der Waals surface area contributed by atoms with Crippen LogP contribution in [0.4, 0.5) is 5.69 Å². The van der Waals surface area contributed by atoms with Crippen molar-refractivity contribution >= 4 is 5.69 Å². The Morgan fingerprint density at radius 3 is 2.93 bits per heavy atom. The Labute approximate surface area is 80.7 Å². The Kier molecular flexibility index (Phi) is 1.87. The molecule has 1 aliphatic carbocycles. The highest BCUT2D eigenvalue weighted by Crippen LogP contribution is 2.27. The van der Waals surface area contributed by atoms with Crippen molar-refractivity contribution in [2.45, 2.75) is 26.2 Å². The van der Waals surface area contributed by atoms with E-state index in [1.54, 1.807) is 6.92 Å². The van der Waals surface area contributed by atoms with Gasteiger partial charge in [0.15, 0.2) is 0 Å². The molecular formula is C9H11N2O3+. The lowest BCUT2D eigenvalue weighted by molar-refractivity contribution is -0.910. The second-order valence-electron chi connectivity index (χ2n) is 3.52. The van der Waals surface area contributed by atoms with Gasteiger partial charge in [-0.25, -0.2) is 0 Å². The number of nitro groups is 1. The zero-order chi connectivity index (χ0) is 10.3. The summed E-state index contributed by atoms with van der Waals surface area (Å²) in [7, 11) is 0. The summed E-state index contributed by atoms with van der Waals surface area (Å²) in [6, 6.07) is 0. The zero-order valence-electron chi connectivity index (χ0n) is 7.86. The van der Waals surface area contributed by atoms with Gasteiger partial charge in [-0.3, -0.25) is 15.3 Å². The van der Waals surface area contributed by atoms with Crippen molar-refractivity contribution < 1.29 is 14.9 Å². The smallest absolute Gasteiger partial charge is 0.285 e. The molecule has 0 amide bonds. The van der Waals surface area contributed by atoms with Gasteiger partial charge in [-0.2, -0.15) is 0 Å². The van der Waals surface area contributed by atoms with Crippen LogP contribution in [0.3, 0.4) is 0 Å². The van der Waals surface area contributed by atoms with Crippen LogP contribution in [0.5, 0.6) is 0 Å². The van der Waals surface area contributed by atoms with E-state index in [0.29, 0.717) is 5.56 Å². The number of hydrogen-bond acceptors (Lipinski definition) is 3. The zero-order valence-corrected chi connectivity index (χ0v) is 7.86. The maximum absolute atomic E-state index is 10.7. The molecular weight excluding hydrogens is 184 g/mol. The fourth-order valence-electron chi connectivity index (χ4n) is 2.01. The number of rotatable bonds is 1. The van der Waals surface area contributed by atoms with Crippen molar-refractivity contribution in [3.8, 4) is 0 Å². The highest BCUT2D eigenvalue weighted by molar-refractivity contribution is 5.43. The molecule has 0 bridgehead atoms. The molecule has 0 radical (unpaired) electrons. The molecule has 0 unspecified atom stereocenters. The van der Waals surface area contributed by atoms with Crippen LogP contribution in [-0.2, 0) is 12.8 Å². The molecule has 0 spiro atoms. The van der Waals surface area contributed by atoms with Gasteiger partial charge in [-0.05, 0) is 19.8 Å². The summed E-state index contributed by atoms with van der Waals surface area (Å²) in [5, 5.41) is 20.2. The van der Waals surface area contributed by atoms with Crippen molar-refractivity contribution in [1.82, 2.24) is 0 Å². The van der Waals surface area contributed by atoms with Gasteiger partial charge in [0, 0.05) is 22.3 Å². The van der Waals surface area contributed by atoms with Crippen LogP contribution in [0.1, 0.15) is 23.2 Å². The molecule has 2 rings (SSSR count). The van der Waals surface area contributed by atoms with E-state index in [2.05, 4.69) is 0 Å². The lowest BCUT2D eigenvalue weighted by Crippen LogP contribution is -2.35. The fraction of sp³-hybridized carbons (Fsp3) is 0.444. The summed E-state index contributed by atoms with van der Waals surface area (Å²) < 4.78 is 0.896. The largest absolute Gasteiger partial charge is 0.340 e. The molecule has 0 saturated carbocycles. The second kappa shape index (κ2) is 2.94. The highest BCUT2D eigenvalue weighted by atomic mass is 16.6. The maximum Gasteiger partial charge on any atom is 0.340 e. The van der Waals surface area contributed by atoms with E-state index in [9.17, 15) is 15.3 Å². The normalized spacial score (nSPS) is 14.1. The minimum absolute atomic E-state index is 0.00634. The Balaban J connectivity index is 2.68. The molecule has 0 aliphatic heterocycles. The third-order valence-corrected chi connectivity index (χ3v) is 2.74. The topological polar surface area (TPSA) is 67.2 Å². The van der Waals surface area contributed by atoms with Crippen LogP contribution in [-0.4, -0.2) is 10.1 Å². The van der Waals surface area contributed by atoms with Crippen molar-refractivity contribution in [3.05, 3.63) is 33.1 Å². The standard InChI is InChI=1S/C9H11N2O3/c1-6-7-3-2-4-8(7)10(12)5-9(6)11(13)14/h5,12H,2-4H2,1H3/q+1. The predicted molar refractivity (Wildman–Crippen MR) is 47.2 cm³/mol. The number of nitrogens with zero attached hydrogens (tertiary/aromatic N) is 2. The van der Waals surface area contributed by atoms with Crippen LogP contribution in [0.25, 0.3) is 0 Å². The van der Waals surface area contributed by atoms with E-state index < -0.39 is 4.92 Å². The Morgan fingerprint density at radius 2 is 2.29 bits per heavy atom. The van der Waals surface area contributed by atoms with Gasteiger partial charge in [0.1, 0.15) is 0 Å². The van der Waals surface area contributed by atoms with E-state index in [0.717, 1.165) is 35.3 Å². The molecule has 1 heterocycles. The van der Waals surface area contributed by atoms with Crippen LogP contribution >= 0.6 is 0 Å². The van der Waals surface area contributed by atoms with Gasteiger partial charge in [-0.1, -0.05) is 0 Å². The minimum Gasteiger partial charge on any atom is -0.285 e. The van der Waals surface area contributed by atoms with Gasteiger partial charge in [0.05, 0.1) is 4.92 Å². The van der Waals surface area contributed by atoms with E-state index in [1.807, 2.05) is 0 Å². The number of fused-ring (bicyclic) bond motifs is 1. The molecule has 1 aromatic heterocycles. The summed E-state index contributed by atoms with van der Waals surface area (Å²) in [5.41, 5.74) is 2.43. The molecule has 0 fully saturated rings. The van der Waals surface area contributed by atoms with Crippen LogP contribution < -0.4 is 4.73 Å². The number of aromatic nitrogens is 1. The first-order chi connectivity index (χ1) is 6.61. The van der Waals surface area contributed by atoms with Gasteiger partial charge in [0.25, 0.3) is 6.20 Å². The minimum atomic E-state index is -0.458. The fourth-order valence-corrected chi connectivity index (χ4v) is 2.01. The molecule has 5 heteroatoms. The molecule has 5 nitrogen and oxygen atoms in total. The third-order valence-electron chi connectivity index (χ3n) is 2.74. The van der Waals surface area contributed by atoms with Crippen molar-refractivity contribution in [2.24, 2.45) is 0 Å². The van der Waals surface area contributed by atoms with Gasteiger partial charge < -0.3 is 0 Å². The SMILES string of the molecule is Cc1c([N+](=O)[O-])c[n+](O)c2c1CCC2. The average molecular weight is 195 g/mol. The van der Waals surface area contributed by atoms with Gasteiger partial charge in [0.2, 0.25) is 5.69 Å². The number of hydrogen-bond donors (Lipinski definition) is 1. The molecule has 14 heavy (non-hydrogen) atoms. The average Bonchev–Trinajstić information content (AvgIpc) is 2.59. The van der Waals surface area contributed by atoms with Crippen LogP contribution in [0.15, 0.2) is 6.20 Å². The molecule has 74 valence electrons. The summed E-state index contributed by atoms with van der Waals surface area (Å²) in [6.07, 6.45) is 3.76. The van der Waals surface area contributed by atoms with E-state index >= 15 is 0 Å². The molecule has 1 N–H and O–H groups in total. The predicted octanol–water partition coefficient (Wildman–Crippen LogP) is 0.917. The lowest BCUT2D eigenvalue weighted by Gasteiger charge is -2.00. The first kappa shape index (κ1) is 8.93. The first-order valence-corrected chi connectivity index (χ1v) is 4.52. The summed E-state index contributed by atoms with van der Waals surface area (Å²) in [5.74, 6) is 0. The molecule has 0 saturated heterocycles. The lowest BCUT2D eigenvalue weighted by atomic mass is 10.1. The molecule has 1 aromatic rings. The molecule has 0 atom stereocenters. The Hall–Kier alpha value is -1.65. The van der Waals surface area contributed by atoms with Gasteiger partial charge in [-0.15, -0.1) is 0 Å². The van der Waals surface area contributed by atoms with Crippen molar-refractivity contribution in [2.75, 3.05) is 0 Å². The third kappa shape index (κ3) is 1.13. The second-order valence-corrected chi connectivity index (χ2v) is 3.52. The monoisotopic (exact) mass is 195 g/mol.